The Kier molecular flexibility index (Phi) is 5.36. The molecule has 21 heavy (non-hydrogen) atoms. The van der Waals surface area contributed by atoms with E-state index in [0.29, 0.717) is 11.5 Å². The van der Waals surface area contributed by atoms with Crippen molar-refractivity contribution in [2.24, 2.45) is 0 Å². The molecule has 0 aliphatic carbocycles. The molecule has 0 aliphatic heterocycles. The topological polar surface area (TPSA) is 85.2 Å². The largest absolute Gasteiger partial charge is 0.469 e. The van der Waals surface area contributed by atoms with Crippen molar-refractivity contribution in [2.75, 3.05) is 6.61 Å². The summed E-state index contributed by atoms with van der Waals surface area (Å²) < 4.78 is 26.3. The van der Waals surface area contributed by atoms with Gasteiger partial charge in [-0.3, -0.25) is 4.52 Å². The Bertz CT molecular complexity index is 541. The summed E-state index contributed by atoms with van der Waals surface area (Å²) in [6.45, 7) is -0.409. The minimum absolute atomic E-state index is 0.409. The molecule has 0 unspecified atom stereocenters. The second-order valence-electron chi connectivity index (χ2n) is 4.08. The monoisotopic (exact) mass is 310 g/mol. The van der Waals surface area contributed by atoms with Crippen molar-refractivity contribution in [3.8, 4) is 11.5 Å². The molecule has 2 N–H and O–H groups in total. The van der Waals surface area contributed by atoms with Crippen LogP contribution < -0.4 is 9.47 Å². The van der Waals surface area contributed by atoms with Gasteiger partial charge in [-0.2, -0.15) is 0 Å². The standard InChI is InChI=1S/C14H15O6P/c15-21(16,17)18-11-14(19-12-7-3-1-4-8-12)20-13-9-5-2-6-10-13/h1-10,14H,11H2,(H2,15,16,17). The Hall–Kier alpha value is -1.85. The number of benzene rings is 2. The maximum atomic E-state index is 10.8. The van der Waals surface area contributed by atoms with E-state index in [0.717, 1.165) is 0 Å². The van der Waals surface area contributed by atoms with Gasteiger partial charge in [-0.1, -0.05) is 36.4 Å². The highest BCUT2D eigenvalue weighted by atomic mass is 31.2. The van der Waals surface area contributed by atoms with Gasteiger partial charge in [0.1, 0.15) is 18.1 Å². The Morgan fingerprint density at radius 2 is 1.29 bits per heavy atom. The lowest BCUT2D eigenvalue weighted by Gasteiger charge is -2.20. The fraction of sp³-hybridized carbons (Fsp3) is 0.143. The van der Waals surface area contributed by atoms with Crippen molar-refractivity contribution < 1.29 is 28.3 Å². The normalized spacial score (nSPS) is 11.4. The molecule has 6 nitrogen and oxygen atoms in total. The molecule has 0 atom stereocenters. The quantitative estimate of drug-likeness (QED) is 0.604. The zero-order valence-electron chi connectivity index (χ0n) is 11.0. The first-order valence-electron chi connectivity index (χ1n) is 6.16. The SMILES string of the molecule is O=P(O)(O)OCC(Oc1ccccc1)Oc1ccccc1. The molecule has 0 aliphatic rings. The minimum Gasteiger partial charge on any atom is -0.452 e. The van der Waals surface area contributed by atoms with Gasteiger partial charge in [-0.25, -0.2) is 4.57 Å². The van der Waals surface area contributed by atoms with Gasteiger partial charge >= 0.3 is 7.82 Å². The molecule has 0 saturated carbocycles. The van der Waals surface area contributed by atoms with Gasteiger partial charge in [-0.15, -0.1) is 0 Å². The van der Waals surface area contributed by atoms with Crippen LogP contribution >= 0.6 is 7.82 Å². The van der Waals surface area contributed by atoms with Crippen molar-refractivity contribution >= 4 is 7.82 Å². The summed E-state index contributed by atoms with van der Waals surface area (Å²) in [6, 6.07) is 17.6. The third kappa shape index (κ3) is 5.97. The molecule has 7 heteroatoms. The number of hydrogen-bond acceptors (Lipinski definition) is 4. The second kappa shape index (κ2) is 7.24. The van der Waals surface area contributed by atoms with Crippen LogP contribution in [0.15, 0.2) is 60.7 Å². The zero-order valence-corrected chi connectivity index (χ0v) is 11.9. The molecule has 112 valence electrons. The molecule has 0 bridgehead atoms. The molecule has 2 aromatic carbocycles. The van der Waals surface area contributed by atoms with Crippen LogP contribution in [0.25, 0.3) is 0 Å². The third-order valence-corrected chi connectivity index (χ3v) is 2.89. The number of rotatable bonds is 7. The van der Waals surface area contributed by atoms with Crippen molar-refractivity contribution in [3.05, 3.63) is 60.7 Å². The first-order chi connectivity index (χ1) is 10.0. The summed E-state index contributed by atoms with van der Waals surface area (Å²) in [5.41, 5.74) is 0. The van der Waals surface area contributed by atoms with Gasteiger partial charge in [0, 0.05) is 0 Å². The number of phosphoric ester groups is 1. The van der Waals surface area contributed by atoms with Gasteiger partial charge in [-0.05, 0) is 24.3 Å². The first kappa shape index (κ1) is 15.5. The predicted molar refractivity (Wildman–Crippen MR) is 75.9 cm³/mol. The van der Waals surface area contributed by atoms with E-state index in [1.807, 2.05) is 12.1 Å². The van der Waals surface area contributed by atoms with E-state index in [4.69, 9.17) is 19.3 Å². The van der Waals surface area contributed by atoms with Crippen LogP contribution in [-0.4, -0.2) is 22.7 Å². The number of para-hydroxylation sites is 2. The zero-order chi connectivity index (χ0) is 15.1. The van der Waals surface area contributed by atoms with E-state index in [2.05, 4.69) is 4.52 Å². The smallest absolute Gasteiger partial charge is 0.452 e. The van der Waals surface area contributed by atoms with E-state index >= 15 is 0 Å². The Balaban J connectivity index is 2.04. The summed E-state index contributed by atoms with van der Waals surface area (Å²) in [6.07, 6.45) is -0.984. The van der Waals surface area contributed by atoms with Crippen LogP contribution in [0.5, 0.6) is 11.5 Å². The predicted octanol–water partition coefficient (Wildman–Crippen LogP) is 2.58. The van der Waals surface area contributed by atoms with Crippen LogP contribution in [0.1, 0.15) is 0 Å². The number of phosphoric acid groups is 1. The van der Waals surface area contributed by atoms with Crippen molar-refractivity contribution in [1.29, 1.82) is 0 Å². The van der Waals surface area contributed by atoms with E-state index in [9.17, 15) is 4.57 Å². The Morgan fingerprint density at radius 3 is 1.67 bits per heavy atom. The van der Waals surface area contributed by atoms with Crippen molar-refractivity contribution in [1.82, 2.24) is 0 Å². The lowest BCUT2D eigenvalue weighted by Crippen LogP contribution is -2.29. The Morgan fingerprint density at radius 1 is 0.857 bits per heavy atom. The fourth-order valence-electron chi connectivity index (χ4n) is 1.55. The molecular formula is C14H15O6P. The van der Waals surface area contributed by atoms with Crippen LogP contribution in [0.4, 0.5) is 0 Å². The van der Waals surface area contributed by atoms with Crippen LogP contribution in [0, 0.1) is 0 Å². The summed E-state index contributed by atoms with van der Waals surface area (Å²) in [4.78, 5) is 17.6. The van der Waals surface area contributed by atoms with Crippen molar-refractivity contribution in [3.63, 3.8) is 0 Å². The minimum atomic E-state index is -4.59. The van der Waals surface area contributed by atoms with Gasteiger partial charge in [0.15, 0.2) is 0 Å². The second-order valence-corrected chi connectivity index (χ2v) is 5.32. The lowest BCUT2D eigenvalue weighted by atomic mass is 10.3. The van der Waals surface area contributed by atoms with E-state index in [1.165, 1.54) is 0 Å². The third-order valence-electron chi connectivity index (χ3n) is 2.40. The molecular weight excluding hydrogens is 295 g/mol. The molecule has 0 heterocycles. The van der Waals surface area contributed by atoms with E-state index in [-0.39, 0.29) is 0 Å². The van der Waals surface area contributed by atoms with Crippen LogP contribution in [-0.2, 0) is 9.09 Å². The van der Waals surface area contributed by atoms with Crippen LogP contribution in [0.2, 0.25) is 0 Å². The number of ether oxygens (including phenoxy) is 2. The van der Waals surface area contributed by atoms with Crippen LogP contribution in [0.3, 0.4) is 0 Å². The van der Waals surface area contributed by atoms with Crippen molar-refractivity contribution in [2.45, 2.75) is 6.29 Å². The molecule has 0 amide bonds. The summed E-state index contributed by atoms with van der Waals surface area (Å²) in [5.74, 6) is 1.01. The molecule has 2 rings (SSSR count). The lowest BCUT2D eigenvalue weighted by molar-refractivity contribution is -0.0342. The summed E-state index contributed by atoms with van der Waals surface area (Å²) >= 11 is 0. The first-order valence-corrected chi connectivity index (χ1v) is 7.69. The molecule has 0 fully saturated rings. The highest BCUT2D eigenvalue weighted by Gasteiger charge is 2.20. The van der Waals surface area contributed by atoms with E-state index in [1.54, 1.807) is 48.5 Å². The molecule has 0 aromatic heterocycles. The average molecular weight is 310 g/mol. The fourth-order valence-corrected chi connectivity index (χ4v) is 1.87. The van der Waals surface area contributed by atoms with Gasteiger partial charge in [0.2, 0.25) is 0 Å². The summed E-state index contributed by atoms with van der Waals surface area (Å²) in [7, 11) is -4.59. The van der Waals surface area contributed by atoms with Gasteiger partial charge < -0.3 is 19.3 Å². The highest BCUT2D eigenvalue weighted by Crippen LogP contribution is 2.36. The molecule has 0 spiro atoms. The Labute approximate surface area is 122 Å². The summed E-state index contributed by atoms with van der Waals surface area (Å²) in [5, 5.41) is 0. The molecule has 0 saturated heterocycles. The average Bonchev–Trinajstić information content (AvgIpc) is 2.46. The van der Waals surface area contributed by atoms with E-state index < -0.39 is 20.7 Å². The van der Waals surface area contributed by atoms with Gasteiger partial charge in [0.05, 0.1) is 0 Å². The molecule has 2 aromatic rings. The maximum absolute atomic E-state index is 10.8. The highest BCUT2D eigenvalue weighted by molar-refractivity contribution is 7.46. The molecule has 0 radical (unpaired) electrons. The maximum Gasteiger partial charge on any atom is 0.469 e. The van der Waals surface area contributed by atoms with Gasteiger partial charge in [0.25, 0.3) is 6.29 Å². The number of hydrogen-bond donors (Lipinski definition) is 2.